The number of hydrogen-bond donors (Lipinski definition) is 0. The second kappa shape index (κ2) is 3.82. The number of nitriles is 1. The van der Waals surface area contributed by atoms with E-state index in [9.17, 15) is 4.79 Å². The topological polar surface area (TPSA) is 45.8 Å². The van der Waals surface area contributed by atoms with Crippen molar-refractivity contribution >= 4 is 40.6 Å². The van der Waals surface area contributed by atoms with E-state index in [1.54, 1.807) is 7.05 Å². The highest BCUT2D eigenvalue weighted by atomic mass is 35.6. The molecule has 1 rings (SSSR count). The summed E-state index contributed by atoms with van der Waals surface area (Å²) in [6.07, 6.45) is 1.49. The van der Waals surface area contributed by atoms with Gasteiger partial charge in [-0.1, -0.05) is 34.8 Å². The molecule has 0 saturated carbocycles. The second-order valence-electron chi connectivity index (χ2n) is 2.66. The summed E-state index contributed by atoms with van der Waals surface area (Å²) in [6.45, 7) is 0. The maximum atomic E-state index is 11.5. The van der Waals surface area contributed by atoms with Crippen molar-refractivity contribution in [2.24, 2.45) is 7.05 Å². The molecule has 0 aliphatic carbocycles. The average Bonchev–Trinajstić information content (AvgIpc) is 2.43. The summed E-state index contributed by atoms with van der Waals surface area (Å²) in [4.78, 5) is 11.5. The third-order valence-electron chi connectivity index (χ3n) is 1.62. The van der Waals surface area contributed by atoms with Gasteiger partial charge in [0, 0.05) is 13.2 Å². The van der Waals surface area contributed by atoms with Gasteiger partial charge in [-0.25, -0.2) is 0 Å². The molecular weight excluding hydrogens is 246 g/mol. The van der Waals surface area contributed by atoms with Gasteiger partial charge in [0.1, 0.15) is 6.07 Å². The number of ketones is 1. The Morgan fingerprint density at radius 2 is 2.14 bits per heavy atom. The Balaban J connectivity index is 3.15. The Morgan fingerprint density at radius 1 is 1.57 bits per heavy atom. The van der Waals surface area contributed by atoms with Crippen LogP contribution in [0.2, 0.25) is 0 Å². The molecule has 14 heavy (non-hydrogen) atoms. The molecular formula is C8H5Cl3N2O. The minimum absolute atomic E-state index is 0.196. The molecule has 0 N–H and O–H groups in total. The second-order valence-corrected chi connectivity index (χ2v) is 4.94. The maximum absolute atomic E-state index is 11.5. The minimum atomic E-state index is -1.99. The lowest BCUT2D eigenvalue weighted by Crippen LogP contribution is -2.21. The van der Waals surface area contributed by atoms with E-state index in [4.69, 9.17) is 40.1 Å². The van der Waals surface area contributed by atoms with Crippen LogP contribution in [0.3, 0.4) is 0 Å². The normalized spacial score (nSPS) is 11.1. The first-order valence-electron chi connectivity index (χ1n) is 3.54. The van der Waals surface area contributed by atoms with Crippen LogP contribution in [0.1, 0.15) is 16.1 Å². The van der Waals surface area contributed by atoms with Crippen LogP contribution in [-0.4, -0.2) is 14.1 Å². The molecule has 0 fully saturated rings. The van der Waals surface area contributed by atoms with Crippen molar-refractivity contribution in [2.75, 3.05) is 0 Å². The lowest BCUT2D eigenvalue weighted by Gasteiger charge is -2.09. The van der Waals surface area contributed by atoms with Crippen LogP contribution >= 0.6 is 34.8 Å². The lowest BCUT2D eigenvalue weighted by molar-refractivity contribution is 0.0988. The van der Waals surface area contributed by atoms with Gasteiger partial charge >= 0.3 is 0 Å². The van der Waals surface area contributed by atoms with Crippen LogP contribution in [0.25, 0.3) is 0 Å². The zero-order valence-electron chi connectivity index (χ0n) is 7.09. The Labute approximate surface area is 95.8 Å². The molecule has 0 spiro atoms. The van der Waals surface area contributed by atoms with Crippen LogP contribution < -0.4 is 0 Å². The van der Waals surface area contributed by atoms with Gasteiger partial charge in [0.15, 0.2) is 0 Å². The van der Waals surface area contributed by atoms with E-state index >= 15 is 0 Å². The molecule has 0 atom stereocenters. The fraction of sp³-hybridized carbons (Fsp3) is 0.250. The third-order valence-corrected chi connectivity index (χ3v) is 2.14. The molecule has 0 amide bonds. The fourth-order valence-corrected chi connectivity index (χ4v) is 1.29. The minimum Gasteiger partial charge on any atom is -0.347 e. The summed E-state index contributed by atoms with van der Waals surface area (Å²) in [6, 6.07) is 3.27. The van der Waals surface area contributed by atoms with E-state index in [0.29, 0.717) is 5.56 Å². The Kier molecular flexibility index (Phi) is 3.10. The highest BCUT2D eigenvalue weighted by Crippen LogP contribution is 2.30. The van der Waals surface area contributed by atoms with Crippen LogP contribution in [0.4, 0.5) is 0 Å². The quantitative estimate of drug-likeness (QED) is 0.568. The first-order valence-corrected chi connectivity index (χ1v) is 4.67. The summed E-state index contributed by atoms with van der Waals surface area (Å²) >= 11 is 16.3. The molecule has 1 aromatic rings. The van der Waals surface area contributed by atoms with Gasteiger partial charge in [-0.3, -0.25) is 4.79 Å². The number of aromatic nitrogens is 1. The highest BCUT2D eigenvalue weighted by Gasteiger charge is 2.33. The number of nitrogens with zero attached hydrogens (tertiary/aromatic N) is 2. The van der Waals surface area contributed by atoms with E-state index in [1.165, 1.54) is 16.8 Å². The number of carbonyl (C=O) groups excluding carboxylic acids is 1. The van der Waals surface area contributed by atoms with Gasteiger partial charge in [0.25, 0.3) is 3.79 Å². The van der Waals surface area contributed by atoms with Crippen molar-refractivity contribution in [1.29, 1.82) is 5.26 Å². The number of hydrogen-bond acceptors (Lipinski definition) is 2. The van der Waals surface area contributed by atoms with E-state index in [2.05, 4.69) is 0 Å². The van der Waals surface area contributed by atoms with Gasteiger partial charge in [-0.2, -0.15) is 5.26 Å². The fourth-order valence-electron chi connectivity index (χ4n) is 0.997. The van der Waals surface area contributed by atoms with Crippen molar-refractivity contribution in [3.05, 3.63) is 23.5 Å². The molecule has 0 unspecified atom stereocenters. The first-order chi connectivity index (χ1) is 6.36. The van der Waals surface area contributed by atoms with Crippen LogP contribution in [0.5, 0.6) is 0 Å². The molecule has 6 heteroatoms. The molecule has 0 saturated heterocycles. The number of Topliss-reactive ketones (excluding diaryl/α,β-unsaturated/α-hetero) is 1. The molecule has 0 bridgehead atoms. The summed E-state index contributed by atoms with van der Waals surface area (Å²) in [7, 11) is 1.60. The largest absolute Gasteiger partial charge is 0.347 e. The maximum Gasteiger partial charge on any atom is 0.255 e. The monoisotopic (exact) mass is 250 g/mol. The van der Waals surface area contributed by atoms with E-state index in [0.717, 1.165) is 0 Å². The summed E-state index contributed by atoms with van der Waals surface area (Å²) in [5.74, 6) is -0.647. The average molecular weight is 252 g/mol. The number of rotatable bonds is 1. The molecule has 1 heterocycles. The van der Waals surface area contributed by atoms with Crippen LogP contribution in [0, 0.1) is 11.3 Å². The molecule has 74 valence electrons. The van der Waals surface area contributed by atoms with Gasteiger partial charge < -0.3 is 4.57 Å². The smallest absolute Gasteiger partial charge is 0.255 e. The number of halogens is 3. The van der Waals surface area contributed by atoms with Crippen molar-refractivity contribution < 1.29 is 4.79 Å². The number of aryl methyl sites for hydroxylation is 1. The van der Waals surface area contributed by atoms with Crippen molar-refractivity contribution in [3.63, 3.8) is 0 Å². The molecule has 0 aromatic carbocycles. The predicted molar refractivity (Wildman–Crippen MR) is 54.7 cm³/mol. The summed E-state index contributed by atoms with van der Waals surface area (Å²) < 4.78 is -0.540. The van der Waals surface area contributed by atoms with E-state index in [1.807, 2.05) is 6.07 Å². The van der Waals surface area contributed by atoms with Crippen LogP contribution in [0.15, 0.2) is 12.3 Å². The van der Waals surface area contributed by atoms with E-state index in [-0.39, 0.29) is 5.69 Å². The first kappa shape index (κ1) is 11.4. The van der Waals surface area contributed by atoms with Crippen molar-refractivity contribution in [3.8, 4) is 6.07 Å². The number of carbonyl (C=O) groups is 1. The lowest BCUT2D eigenvalue weighted by atomic mass is 10.3. The Morgan fingerprint density at radius 3 is 2.50 bits per heavy atom. The Hall–Kier alpha value is -0.690. The molecule has 0 aliphatic rings. The summed E-state index contributed by atoms with van der Waals surface area (Å²) in [5, 5.41) is 8.59. The SMILES string of the molecule is Cn1cc(C#N)cc1C(=O)C(Cl)(Cl)Cl. The van der Waals surface area contributed by atoms with Gasteiger partial charge in [-0.15, -0.1) is 0 Å². The van der Waals surface area contributed by atoms with Gasteiger partial charge in [-0.05, 0) is 6.07 Å². The van der Waals surface area contributed by atoms with Crippen molar-refractivity contribution in [1.82, 2.24) is 4.57 Å². The zero-order chi connectivity index (χ0) is 10.9. The summed E-state index contributed by atoms with van der Waals surface area (Å²) in [5.41, 5.74) is 0.548. The molecule has 1 aromatic heterocycles. The standard InChI is InChI=1S/C8H5Cl3N2O/c1-13-4-5(3-12)2-6(13)7(14)8(9,10)11/h2,4H,1H3. The van der Waals surface area contributed by atoms with Crippen LogP contribution in [-0.2, 0) is 7.05 Å². The van der Waals surface area contributed by atoms with Crippen molar-refractivity contribution in [2.45, 2.75) is 3.79 Å². The van der Waals surface area contributed by atoms with E-state index < -0.39 is 9.58 Å². The Bertz CT molecular complexity index is 411. The zero-order valence-corrected chi connectivity index (χ0v) is 9.36. The molecule has 0 aliphatic heterocycles. The predicted octanol–water partition coefficient (Wildman–Crippen LogP) is 2.45. The van der Waals surface area contributed by atoms with Gasteiger partial charge in [0.05, 0.1) is 11.3 Å². The molecule has 3 nitrogen and oxygen atoms in total. The van der Waals surface area contributed by atoms with Gasteiger partial charge in [0.2, 0.25) is 5.78 Å². The number of alkyl halides is 3. The highest BCUT2D eigenvalue weighted by molar-refractivity contribution is 6.77. The third kappa shape index (κ3) is 2.21. The molecule has 0 radical (unpaired) electrons.